The summed E-state index contributed by atoms with van der Waals surface area (Å²) in [7, 11) is -8.39. The summed E-state index contributed by atoms with van der Waals surface area (Å²) in [5.74, 6) is -2.64. The number of primary sulfonamides is 2. The number of carbonyl (C=O) groups is 4. The van der Waals surface area contributed by atoms with Crippen molar-refractivity contribution in [3.05, 3.63) is 143 Å². The van der Waals surface area contributed by atoms with Gasteiger partial charge in [-0.05, 0) is 73.5 Å². The number of nitrogens with one attached hydrogen (secondary N) is 2. The highest BCUT2D eigenvalue weighted by atomic mass is 35.5. The summed E-state index contributed by atoms with van der Waals surface area (Å²) in [6.45, 7) is 3.68. The van der Waals surface area contributed by atoms with Crippen LogP contribution < -0.4 is 20.9 Å². The quantitative estimate of drug-likeness (QED) is 0.110. The van der Waals surface area contributed by atoms with Gasteiger partial charge in [0.15, 0.2) is 0 Å². The molecule has 2 heterocycles. The van der Waals surface area contributed by atoms with Crippen molar-refractivity contribution in [2.24, 2.45) is 10.3 Å². The summed E-state index contributed by atoms with van der Waals surface area (Å²) in [6, 6.07) is 20.9. The molecule has 4 aromatic carbocycles. The maximum absolute atomic E-state index is 13.7. The molecular formula is C40H38ClFN8O10S2. The molecule has 0 unspecified atom stereocenters. The van der Waals surface area contributed by atoms with Crippen LogP contribution in [0.1, 0.15) is 45.7 Å². The van der Waals surface area contributed by atoms with Crippen molar-refractivity contribution in [3.8, 4) is 11.4 Å². The van der Waals surface area contributed by atoms with E-state index in [1.54, 1.807) is 44.2 Å². The number of ether oxygens (including phenoxy) is 2. The first-order valence-electron chi connectivity index (χ1n) is 18.2. The second-order valence-electron chi connectivity index (χ2n) is 12.9. The fraction of sp³-hybridized carbons (Fsp3) is 0.150. The molecule has 6 N–H and O–H groups in total. The molecule has 6 aromatic rings. The Balaban J connectivity index is 0.000000234. The van der Waals surface area contributed by atoms with Gasteiger partial charge in [-0.1, -0.05) is 48.0 Å². The van der Waals surface area contributed by atoms with E-state index < -0.39 is 43.7 Å². The van der Waals surface area contributed by atoms with Gasteiger partial charge in [-0.15, -0.1) is 0 Å². The van der Waals surface area contributed by atoms with Crippen molar-refractivity contribution in [1.29, 1.82) is 0 Å². The molecule has 2 aromatic heterocycles. The third kappa shape index (κ3) is 12.2. The van der Waals surface area contributed by atoms with E-state index in [1.807, 2.05) is 0 Å². The molecule has 2 amide bonds. The van der Waals surface area contributed by atoms with Crippen LogP contribution in [0.5, 0.6) is 0 Å². The predicted octanol–water partition coefficient (Wildman–Crippen LogP) is 4.55. The zero-order valence-electron chi connectivity index (χ0n) is 32.8. The smallest absolute Gasteiger partial charge is 0.341 e. The standard InChI is InChI=1S/C20H19ClN4O5S.C20H19FN4O5S/c2*1-2-30-20(27)14-11-23-25(12-14)17-8-7-15(10-18(17)31(22,28)29)24-19(26)9-13-5-3-4-6-16(13)21/h2*3-8,10-12H,2,9H2,1H3,(H,24,26)(H2,22,28,29). The molecule has 0 saturated carbocycles. The zero-order valence-corrected chi connectivity index (χ0v) is 35.2. The number of amides is 2. The maximum atomic E-state index is 13.7. The number of sulfonamides is 2. The highest BCUT2D eigenvalue weighted by molar-refractivity contribution is 7.89. The van der Waals surface area contributed by atoms with Crippen LogP contribution in [0.15, 0.2) is 120 Å². The number of carbonyl (C=O) groups excluding carboxylic acids is 4. The van der Waals surface area contributed by atoms with E-state index in [0.29, 0.717) is 10.6 Å². The largest absolute Gasteiger partial charge is 0.462 e. The van der Waals surface area contributed by atoms with Gasteiger partial charge in [-0.2, -0.15) is 10.2 Å². The molecule has 6 rings (SSSR count). The Hall–Kier alpha value is -6.78. The predicted molar refractivity (Wildman–Crippen MR) is 224 cm³/mol. The number of esters is 2. The van der Waals surface area contributed by atoms with E-state index in [-0.39, 0.29) is 81.2 Å². The van der Waals surface area contributed by atoms with Crippen LogP contribution in [0.2, 0.25) is 5.02 Å². The van der Waals surface area contributed by atoms with Crippen LogP contribution in [-0.2, 0) is 52.0 Å². The number of benzene rings is 4. The molecule has 62 heavy (non-hydrogen) atoms. The molecule has 0 aliphatic rings. The van der Waals surface area contributed by atoms with Crippen LogP contribution in [0, 0.1) is 5.82 Å². The fourth-order valence-corrected chi connectivity index (χ4v) is 7.30. The molecule has 324 valence electrons. The SMILES string of the molecule is CCOC(=O)c1cnn(-c2ccc(NC(=O)Cc3ccccc3Cl)cc2S(N)(=O)=O)c1.CCOC(=O)c1cnn(-c2ccc(NC(=O)Cc3ccccc3F)cc2S(N)(=O)=O)c1. The number of hydrogen-bond acceptors (Lipinski definition) is 12. The molecule has 0 bridgehead atoms. The number of nitrogens with zero attached hydrogens (tertiary/aromatic N) is 4. The molecule has 0 spiro atoms. The van der Waals surface area contributed by atoms with Crippen molar-refractivity contribution < 1.29 is 49.9 Å². The maximum Gasteiger partial charge on any atom is 0.341 e. The second kappa shape index (κ2) is 20.2. The highest BCUT2D eigenvalue weighted by Gasteiger charge is 2.22. The summed E-state index contributed by atoms with van der Waals surface area (Å²) < 4.78 is 74.5. The molecule has 0 atom stereocenters. The van der Waals surface area contributed by atoms with Gasteiger partial charge in [0.2, 0.25) is 31.9 Å². The summed E-state index contributed by atoms with van der Waals surface area (Å²) in [5, 5.41) is 24.3. The van der Waals surface area contributed by atoms with Crippen LogP contribution in [0.3, 0.4) is 0 Å². The van der Waals surface area contributed by atoms with E-state index in [4.69, 9.17) is 31.4 Å². The van der Waals surface area contributed by atoms with Crippen molar-refractivity contribution in [3.63, 3.8) is 0 Å². The molecule has 0 aliphatic heterocycles. The van der Waals surface area contributed by atoms with Crippen molar-refractivity contribution in [2.75, 3.05) is 23.8 Å². The Kier molecular flexibility index (Phi) is 15.1. The zero-order chi connectivity index (χ0) is 45.2. The second-order valence-corrected chi connectivity index (χ2v) is 16.3. The van der Waals surface area contributed by atoms with E-state index in [9.17, 15) is 40.4 Å². The average molecular weight is 909 g/mol. The van der Waals surface area contributed by atoms with E-state index in [0.717, 1.165) is 10.7 Å². The fourth-order valence-electron chi connectivity index (χ4n) is 5.61. The Morgan fingerprint density at radius 2 is 1.08 bits per heavy atom. The number of halogens is 2. The molecule has 18 nitrogen and oxygen atoms in total. The normalized spacial score (nSPS) is 11.2. The minimum absolute atomic E-state index is 0.00812. The molecule has 0 fully saturated rings. The van der Waals surface area contributed by atoms with E-state index in [1.165, 1.54) is 78.0 Å². The molecule has 22 heteroatoms. The number of nitrogens with two attached hydrogens (primary N) is 2. The number of anilines is 2. The molecule has 0 saturated heterocycles. The minimum atomic E-state index is -4.22. The van der Waals surface area contributed by atoms with E-state index in [2.05, 4.69) is 20.8 Å². The van der Waals surface area contributed by atoms with Gasteiger partial charge in [0.25, 0.3) is 0 Å². The Labute approximate surface area is 359 Å². The summed E-state index contributed by atoms with van der Waals surface area (Å²) >= 11 is 6.07. The molecular weight excluding hydrogens is 871 g/mol. The topological polar surface area (TPSA) is 267 Å². The highest BCUT2D eigenvalue weighted by Crippen LogP contribution is 2.26. The Bertz CT molecular complexity index is 2670. The first kappa shape index (κ1) is 46.3. The van der Waals surface area contributed by atoms with Crippen molar-refractivity contribution in [1.82, 2.24) is 19.6 Å². The number of aromatic nitrogens is 4. The van der Waals surface area contributed by atoms with E-state index >= 15 is 0 Å². The average Bonchev–Trinajstić information content (AvgIpc) is 3.91. The van der Waals surface area contributed by atoms with Crippen LogP contribution in [-0.4, -0.2) is 73.4 Å². The molecule has 0 aliphatic carbocycles. The molecule has 0 radical (unpaired) electrons. The summed E-state index contributed by atoms with van der Waals surface area (Å²) in [5.41, 5.74) is 1.67. The lowest BCUT2D eigenvalue weighted by Gasteiger charge is -2.12. The third-order valence-corrected chi connectivity index (χ3v) is 10.6. The van der Waals surface area contributed by atoms with Crippen LogP contribution in [0.25, 0.3) is 11.4 Å². The lowest BCUT2D eigenvalue weighted by molar-refractivity contribution is -0.116. The summed E-state index contributed by atoms with van der Waals surface area (Å²) in [4.78, 5) is 47.7. The monoisotopic (exact) mass is 908 g/mol. The van der Waals surface area contributed by atoms with Crippen molar-refractivity contribution in [2.45, 2.75) is 36.5 Å². The van der Waals surface area contributed by atoms with Gasteiger partial charge < -0.3 is 20.1 Å². The van der Waals surface area contributed by atoms with Gasteiger partial charge in [0, 0.05) is 28.8 Å². The van der Waals surface area contributed by atoms with Crippen molar-refractivity contribution >= 4 is 66.8 Å². The minimum Gasteiger partial charge on any atom is -0.462 e. The lowest BCUT2D eigenvalue weighted by Crippen LogP contribution is -2.18. The Morgan fingerprint density at radius 1 is 0.661 bits per heavy atom. The lowest BCUT2D eigenvalue weighted by atomic mass is 10.1. The number of rotatable bonds is 14. The first-order chi connectivity index (χ1) is 29.4. The van der Waals surface area contributed by atoms with Gasteiger partial charge >= 0.3 is 11.9 Å². The van der Waals surface area contributed by atoms with Gasteiger partial charge in [0.1, 0.15) is 15.6 Å². The Morgan fingerprint density at radius 3 is 1.50 bits per heavy atom. The van der Waals surface area contributed by atoms with Crippen LogP contribution in [0.4, 0.5) is 15.8 Å². The van der Waals surface area contributed by atoms with Gasteiger partial charge in [-0.3, -0.25) is 9.59 Å². The van der Waals surface area contributed by atoms with Gasteiger partial charge in [-0.25, -0.2) is 50.5 Å². The third-order valence-electron chi connectivity index (χ3n) is 8.40. The van der Waals surface area contributed by atoms with Gasteiger partial charge in [0.05, 0.1) is 61.0 Å². The van der Waals surface area contributed by atoms with Crippen LogP contribution >= 0.6 is 11.6 Å². The number of hydrogen-bond donors (Lipinski definition) is 4. The summed E-state index contributed by atoms with van der Waals surface area (Å²) in [6.07, 6.45) is 4.89. The first-order valence-corrected chi connectivity index (χ1v) is 21.7.